The van der Waals surface area contributed by atoms with Crippen molar-refractivity contribution in [3.63, 3.8) is 0 Å². The number of rotatable bonds is 14. The largest absolute Gasteiger partial charge is 0.310 e. The topological polar surface area (TPSA) is 13.0 Å². The Labute approximate surface area is 881 Å². The third kappa shape index (κ3) is 15.0. The molecule has 4 nitrogen and oxygen atoms in total. The van der Waals surface area contributed by atoms with Gasteiger partial charge in [0.15, 0.2) is 0 Å². The van der Waals surface area contributed by atoms with E-state index in [4.69, 9.17) is 0 Å². The Kier molecular flexibility index (Phi) is 21.6. The van der Waals surface area contributed by atoms with Crippen molar-refractivity contribution in [2.24, 2.45) is 0 Å². The SMILES string of the molecule is CC(C)(C)c1ccc(N(c2ccc(C(C)(C)C)cc2)c2ccc3c4ccc5c6cccc7c(N(c8ccc(C(C)(C)C)cc8)c8ccc(C(C)(C)C)cc8)ccc(c8ccc(c9cccc2c93)c4c58)c76)cc1.Cc1cc(N(c2ccccc2)c2ccc3c4c(cccc24)-c2cc4c(-c5ccccc5)c5cc6c(cc5c(-c5ccccc5)c4cc2-3)-c2cccc3c(N(c4ccccc4)c4cc(C)c(C)c(C)c4)ccc-6c23)cc(C)c1C. The van der Waals surface area contributed by atoms with Crippen LogP contribution in [0, 0.1) is 41.5 Å². The highest BCUT2D eigenvalue weighted by atomic mass is 15.2. The number of benzene rings is 25. The number of anilines is 12. The van der Waals surface area contributed by atoms with Crippen molar-refractivity contribution in [1.29, 1.82) is 0 Å². The van der Waals surface area contributed by atoms with E-state index in [0.29, 0.717) is 0 Å². The molecule has 0 saturated heterocycles. The number of aryl methyl sites for hydroxylation is 4. The van der Waals surface area contributed by atoms with Crippen LogP contribution in [0.2, 0.25) is 0 Å². The summed E-state index contributed by atoms with van der Waals surface area (Å²) in [5.74, 6) is 0. The molecule has 27 rings (SSSR count). The molecule has 0 fully saturated rings. The van der Waals surface area contributed by atoms with Gasteiger partial charge in [0.25, 0.3) is 0 Å². The lowest BCUT2D eigenvalue weighted by Gasteiger charge is -2.30. The minimum atomic E-state index is 0.0596. The summed E-state index contributed by atoms with van der Waals surface area (Å²) in [6, 6.07) is 157. The number of hydrogen-bond donors (Lipinski definition) is 0. The quantitative estimate of drug-likeness (QED) is 0.0795. The fourth-order valence-corrected chi connectivity index (χ4v) is 25.2. The van der Waals surface area contributed by atoms with Gasteiger partial charge in [-0.25, -0.2) is 0 Å². The van der Waals surface area contributed by atoms with Crippen LogP contribution in [0.15, 0.2) is 413 Å². The molecule has 2 aliphatic rings. The van der Waals surface area contributed by atoms with Crippen molar-refractivity contribution in [2.45, 2.75) is 146 Å². The van der Waals surface area contributed by atoms with Gasteiger partial charge in [0.2, 0.25) is 0 Å². The van der Waals surface area contributed by atoms with Crippen LogP contribution < -0.4 is 19.6 Å². The van der Waals surface area contributed by atoms with E-state index in [2.05, 4.69) is 557 Å². The first-order valence-corrected chi connectivity index (χ1v) is 53.4. The van der Waals surface area contributed by atoms with Gasteiger partial charge in [-0.2, -0.15) is 0 Å². The molecule has 25 aromatic rings. The molecular formula is C146H122N4. The van der Waals surface area contributed by atoms with Gasteiger partial charge in [-0.05, 0) is 428 Å². The van der Waals surface area contributed by atoms with E-state index in [9.17, 15) is 0 Å². The van der Waals surface area contributed by atoms with E-state index >= 15 is 0 Å². The van der Waals surface area contributed by atoms with Crippen LogP contribution in [0.1, 0.15) is 139 Å². The van der Waals surface area contributed by atoms with Crippen LogP contribution in [0.25, 0.3) is 185 Å². The highest BCUT2D eigenvalue weighted by Crippen LogP contribution is 2.61. The second-order valence-electron chi connectivity index (χ2n) is 46.5. The molecule has 150 heavy (non-hydrogen) atoms. The fourth-order valence-electron chi connectivity index (χ4n) is 25.2. The van der Waals surface area contributed by atoms with Gasteiger partial charge in [-0.3, -0.25) is 0 Å². The van der Waals surface area contributed by atoms with Gasteiger partial charge < -0.3 is 19.6 Å². The van der Waals surface area contributed by atoms with Crippen LogP contribution in [0.4, 0.5) is 68.2 Å². The molecule has 4 heteroatoms. The summed E-state index contributed by atoms with van der Waals surface area (Å²) in [5.41, 5.74) is 42.5. The zero-order chi connectivity index (χ0) is 103. The minimum absolute atomic E-state index is 0.0596. The monoisotopic (exact) mass is 1930 g/mol. The summed E-state index contributed by atoms with van der Waals surface area (Å²) in [4.78, 5) is 9.84. The van der Waals surface area contributed by atoms with Crippen molar-refractivity contribution in [2.75, 3.05) is 19.6 Å². The summed E-state index contributed by atoms with van der Waals surface area (Å²) in [6.07, 6.45) is 0. The molecular weight excluding hydrogens is 1810 g/mol. The average molecular weight is 1930 g/mol. The summed E-state index contributed by atoms with van der Waals surface area (Å²) in [5, 5.41) is 28.3. The lowest BCUT2D eigenvalue weighted by Crippen LogP contribution is -2.14. The Balaban J connectivity index is 0.000000152. The van der Waals surface area contributed by atoms with Gasteiger partial charge in [-0.15, -0.1) is 0 Å². The van der Waals surface area contributed by atoms with Gasteiger partial charge in [0.05, 0.1) is 22.7 Å². The van der Waals surface area contributed by atoms with Crippen LogP contribution in [-0.4, -0.2) is 0 Å². The molecule has 0 aliphatic heterocycles. The normalized spacial score (nSPS) is 12.5. The molecule has 0 N–H and O–H groups in total. The molecule has 0 heterocycles. The average Bonchev–Trinajstić information content (AvgIpc) is 1.14. The molecule has 726 valence electrons. The Morgan fingerprint density at radius 3 is 0.640 bits per heavy atom. The van der Waals surface area contributed by atoms with Crippen molar-refractivity contribution in [3.05, 3.63) is 468 Å². The minimum Gasteiger partial charge on any atom is -0.310 e. The molecule has 0 radical (unpaired) electrons. The predicted molar refractivity (Wildman–Crippen MR) is 650 cm³/mol. The maximum absolute atomic E-state index is 2.54. The number of nitrogens with zero attached hydrogens (tertiary/aromatic N) is 4. The number of fused-ring (bicyclic) bond motifs is 12. The van der Waals surface area contributed by atoms with Gasteiger partial charge in [-0.1, -0.05) is 350 Å². The summed E-state index contributed by atoms with van der Waals surface area (Å²) < 4.78 is 0. The first-order valence-electron chi connectivity index (χ1n) is 53.4. The highest BCUT2D eigenvalue weighted by molar-refractivity contribution is 6.44. The second kappa shape index (κ2) is 34.9. The molecule has 0 aromatic heterocycles. The molecule has 2 aliphatic carbocycles. The predicted octanol–water partition coefficient (Wildman–Crippen LogP) is 42.5. The Morgan fingerprint density at radius 1 is 0.147 bits per heavy atom. The van der Waals surface area contributed by atoms with Gasteiger partial charge in [0, 0.05) is 67.0 Å². The third-order valence-corrected chi connectivity index (χ3v) is 33.4. The lowest BCUT2D eigenvalue weighted by molar-refractivity contribution is 0.590. The Morgan fingerprint density at radius 2 is 0.360 bits per heavy atom. The molecule has 0 atom stereocenters. The summed E-state index contributed by atoms with van der Waals surface area (Å²) >= 11 is 0. The van der Waals surface area contributed by atoms with Crippen LogP contribution in [-0.2, 0) is 21.7 Å². The van der Waals surface area contributed by atoms with Crippen LogP contribution in [0.3, 0.4) is 0 Å². The Bertz CT molecular complexity index is 8920. The zero-order valence-corrected chi connectivity index (χ0v) is 89.0. The molecule has 0 bridgehead atoms. The maximum atomic E-state index is 2.54. The van der Waals surface area contributed by atoms with E-state index in [1.807, 2.05) is 0 Å². The van der Waals surface area contributed by atoms with E-state index in [1.54, 1.807) is 0 Å². The smallest absolute Gasteiger partial charge is 0.0540 e. The van der Waals surface area contributed by atoms with E-state index < -0.39 is 0 Å². The van der Waals surface area contributed by atoms with Crippen molar-refractivity contribution >= 4 is 187 Å². The maximum Gasteiger partial charge on any atom is 0.0540 e. The van der Waals surface area contributed by atoms with Crippen LogP contribution >= 0.6 is 0 Å². The molecule has 0 saturated carbocycles. The fraction of sp³-hybridized carbons (Fsp3) is 0.151. The highest BCUT2D eigenvalue weighted by Gasteiger charge is 2.35. The van der Waals surface area contributed by atoms with Crippen molar-refractivity contribution < 1.29 is 0 Å². The third-order valence-electron chi connectivity index (χ3n) is 33.4. The standard InChI is InChI=1S/C76H56N2.C70H66N2/c1-45-37-55(38-46(2)49(45)5)77(53-25-15-9-16-26-53)71-35-33-59-65-43-69-67(41-63(65)57-29-19-31-61(71)75(57)59)73(51-21-11-7-12-22-51)70-44-66-60-34-36-72(78(54-27-17-10-18-28-54)56-39-47(3)50(6)48(4)40-56)62-32-20-30-58(76(60)62)64(66)42-68(70)74(69)52-23-13-8-14-24-52;1-67(2,3)43-19-27-47(28-20-43)71(48-29-21-44(22-30-48)68(4,5)6)61-41-39-53-57-37-36-56-52-16-14-18-60-62(72(49-31-23-45(24-32-49)69(7,8)9)50-33-25-46(26-34-50)70(10,11)12)42-40-54(64(52)60)58-38-35-55(65(57)66(56)58)51-15-13-17-59(61)63(51)53/h7-44H,1-6H3;13-42H,1-12H3. The summed E-state index contributed by atoms with van der Waals surface area (Å²) in [7, 11) is 0. The van der Waals surface area contributed by atoms with Crippen molar-refractivity contribution in [1.82, 2.24) is 0 Å². The zero-order valence-electron chi connectivity index (χ0n) is 89.0. The first-order chi connectivity index (χ1) is 72.4. The molecule has 0 amide bonds. The molecule has 25 aromatic carbocycles. The van der Waals surface area contributed by atoms with Gasteiger partial charge >= 0.3 is 0 Å². The molecule has 0 unspecified atom stereocenters. The number of para-hydroxylation sites is 2. The number of hydrogen-bond acceptors (Lipinski definition) is 4. The van der Waals surface area contributed by atoms with Gasteiger partial charge in [0.1, 0.15) is 0 Å². The van der Waals surface area contributed by atoms with E-state index in [1.165, 1.54) is 275 Å². The second-order valence-corrected chi connectivity index (χ2v) is 46.5. The van der Waals surface area contributed by atoms with Crippen molar-refractivity contribution in [3.8, 4) is 66.8 Å². The van der Waals surface area contributed by atoms with E-state index in [0.717, 1.165) is 34.1 Å². The lowest BCUT2D eigenvalue weighted by atomic mass is 9.82. The first kappa shape index (κ1) is 92.9. The molecule has 0 spiro atoms. The van der Waals surface area contributed by atoms with Crippen LogP contribution in [0.5, 0.6) is 0 Å². The Hall–Kier alpha value is -16.9. The summed E-state index contributed by atoms with van der Waals surface area (Å²) in [6.45, 7) is 40.8. The van der Waals surface area contributed by atoms with E-state index in [-0.39, 0.29) is 21.7 Å².